The summed E-state index contributed by atoms with van der Waals surface area (Å²) in [5.74, 6) is 0.210. The van der Waals surface area contributed by atoms with Crippen LogP contribution in [-0.2, 0) is 4.84 Å². The molecule has 1 aromatic heterocycles. The van der Waals surface area contributed by atoms with Gasteiger partial charge in [0.15, 0.2) is 5.76 Å². The molecule has 1 saturated heterocycles. The summed E-state index contributed by atoms with van der Waals surface area (Å²) in [6, 6.07) is 7.67. The number of hydrogen-bond acceptors (Lipinski definition) is 3. The third kappa shape index (κ3) is 1.78. The Labute approximate surface area is 105 Å². The van der Waals surface area contributed by atoms with Crippen molar-refractivity contribution in [3.05, 3.63) is 35.6 Å². The molecule has 0 atom stereocenters. The van der Waals surface area contributed by atoms with E-state index < -0.39 is 0 Å². The molecule has 0 radical (unpaired) electrons. The number of amides is 1. The van der Waals surface area contributed by atoms with Crippen molar-refractivity contribution in [2.24, 2.45) is 0 Å². The highest BCUT2D eigenvalue weighted by Gasteiger charge is 2.25. The summed E-state index contributed by atoms with van der Waals surface area (Å²) in [4.78, 5) is 17.7. The van der Waals surface area contributed by atoms with E-state index >= 15 is 0 Å². The highest BCUT2D eigenvalue weighted by Crippen LogP contribution is 2.26. The maximum Gasteiger partial charge on any atom is 0.313 e. The first-order chi connectivity index (χ1) is 8.77. The van der Waals surface area contributed by atoms with E-state index in [1.54, 1.807) is 0 Å². The summed E-state index contributed by atoms with van der Waals surface area (Å²) in [5.41, 5.74) is 1.63. The summed E-state index contributed by atoms with van der Waals surface area (Å²) >= 11 is 0. The predicted molar refractivity (Wildman–Crippen MR) is 67.2 cm³/mol. The van der Waals surface area contributed by atoms with Crippen molar-refractivity contribution in [3.8, 4) is 0 Å². The number of rotatable bonds is 1. The predicted octanol–water partition coefficient (Wildman–Crippen LogP) is 2.91. The third-order valence-electron chi connectivity index (χ3n) is 3.27. The molecular formula is C14H15NO3. The lowest BCUT2D eigenvalue weighted by Crippen LogP contribution is -2.35. The van der Waals surface area contributed by atoms with Crippen LogP contribution in [0.25, 0.3) is 11.0 Å². The normalized spacial score (nSPS) is 16.2. The van der Waals surface area contributed by atoms with E-state index in [1.165, 1.54) is 5.06 Å². The molecule has 1 aromatic carbocycles. The molecule has 0 saturated carbocycles. The van der Waals surface area contributed by atoms with Gasteiger partial charge in [0.05, 0.1) is 6.61 Å². The molecule has 94 valence electrons. The van der Waals surface area contributed by atoms with Gasteiger partial charge in [-0.1, -0.05) is 18.2 Å². The van der Waals surface area contributed by atoms with Crippen LogP contribution in [0.15, 0.2) is 28.7 Å². The van der Waals surface area contributed by atoms with Gasteiger partial charge in [0.25, 0.3) is 0 Å². The van der Waals surface area contributed by atoms with Crippen LogP contribution in [0.4, 0.5) is 0 Å². The molecule has 2 heterocycles. The Balaban J connectivity index is 1.98. The summed E-state index contributed by atoms with van der Waals surface area (Å²) in [6.45, 7) is 3.14. The maximum atomic E-state index is 12.3. The number of nitrogens with zero attached hydrogens (tertiary/aromatic N) is 1. The van der Waals surface area contributed by atoms with Crippen LogP contribution in [0.1, 0.15) is 29.0 Å². The molecule has 4 nitrogen and oxygen atoms in total. The number of para-hydroxylation sites is 1. The molecule has 2 aromatic rings. The quantitative estimate of drug-likeness (QED) is 0.775. The van der Waals surface area contributed by atoms with Crippen molar-refractivity contribution in [1.29, 1.82) is 0 Å². The Morgan fingerprint density at radius 3 is 2.83 bits per heavy atom. The van der Waals surface area contributed by atoms with E-state index in [9.17, 15) is 4.79 Å². The van der Waals surface area contributed by atoms with Gasteiger partial charge < -0.3 is 4.42 Å². The van der Waals surface area contributed by atoms with Crippen molar-refractivity contribution in [3.63, 3.8) is 0 Å². The number of fused-ring (bicyclic) bond motifs is 1. The molecule has 0 N–H and O–H groups in total. The van der Waals surface area contributed by atoms with Gasteiger partial charge in [0.1, 0.15) is 5.58 Å². The Morgan fingerprint density at radius 1 is 1.28 bits per heavy atom. The first-order valence-corrected chi connectivity index (χ1v) is 6.20. The zero-order valence-corrected chi connectivity index (χ0v) is 10.3. The van der Waals surface area contributed by atoms with Gasteiger partial charge in [-0.2, -0.15) is 0 Å². The average molecular weight is 245 g/mol. The molecule has 0 unspecified atom stereocenters. The van der Waals surface area contributed by atoms with Crippen molar-refractivity contribution >= 4 is 16.9 Å². The molecule has 1 amide bonds. The second kappa shape index (κ2) is 4.46. The molecule has 0 aliphatic carbocycles. The lowest BCUT2D eigenvalue weighted by Gasteiger charge is -2.25. The van der Waals surface area contributed by atoms with Gasteiger partial charge >= 0.3 is 5.91 Å². The number of hydroxylamine groups is 2. The molecule has 1 aliphatic heterocycles. The molecule has 4 heteroatoms. The second-order valence-corrected chi connectivity index (χ2v) is 4.50. The van der Waals surface area contributed by atoms with Crippen LogP contribution in [-0.4, -0.2) is 24.1 Å². The Morgan fingerprint density at radius 2 is 2.11 bits per heavy atom. The second-order valence-electron chi connectivity index (χ2n) is 4.50. The molecule has 3 rings (SSSR count). The average Bonchev–Trinajstić information content (AvgIpc) is 2.77. The fourth-order valence-corrected chi connectivity index (χ4v) is 2.25. The summed E-state index contributed by atoms with van der Waals surface area (Å²) in [7, 11) is 0. The fourth-order valence-electron chi connectivity index (χ4n) is 2.25. The minimum absolute atomic E-state index is 0.177. The van der Waals surface area contributed by atoms with E-state index in [1.807, 2.05) is 31.2 Å². The minimum Gasteiger partial charge on any atom is -0.451 e. The molecule has 18 heavy (non-hydrogen) atoms. The highest BCUT2D eigenvalue weighted by atomic mass is 16.7. The molecule has 1 fully saturated rings. The maximum absolute atomic E-state index is 12.3. The van der Waals surface area contributed by atoms with Crippen LogP contribution in [0.2, 0.25) is 0 Å². The van der Waals surface area contributed by atoms with E-state index in [4.69, 9.17) is 9.25 Å². The summed E-state index contributed by atoms with van der Waals surface area (Å²) in [5, 5.41) is 2.40. The summed E-state index contributed by atoms with van der Waals surface area (Å²) in [6.07, 6.45) is 1.98. The number of carbonyl (C=O) groups excluding carboxylic acids is 1. The minimum atomic E-state index is -0.177. The lowest BCUT2D eigenvalue weighted by molar-refractivity contribution is -0.145. The van der Waals surface area contributed by atoms with Crippen LogP contribution < -0.4 is 0 Å². The number of hydrogen-bond donors (Lipinski definition) is 0. The zero-order chi connectivity index (χ0) is 12.5. The number of carbonyl (C=O) groups is 1. The Hall–Kier alpha value is -1.81. The highest BCUT2D eigenvalue weighted by molar-refractivity contribution is 5.98. The van der Waals surface area contributed by atoms with Crippen molar-refractivity contribution in [1.82, 2.24) is 5.06 Å². The van der Waals surface area contributed by atoms with Gasteiger partial charge in [0, 0.05) is 17.5 Å². The number of furan rings is 1. The molecule has 0 bridgehead atoms. The fraction of sp³-hybridized carbons (Fsp3) is 0.357. The van der Waals surface area contributed by atoms with Crippen LogP contribution in [0.3, 0.4) is 0 Å². The molecular weight excluding hydrogens is 230 g/mol. The van der Waals surface area contributed by atoms with Crippen LogP contribution in [0.5, 0.6) is 0 Å². The largest absolute Gasteiger partial charge is 0.451 e. The number of aryl methyl sites for hydroxylation is 1. The summed E-state index contributed by atoms with van der Waals surface area (Å²) < 4.78 is 5.64. The van der Waals surface area contributed by atoms with E-state index in [0.29, 0.717) is 18.9 Å². The topological polar surface area (TPSA) is 42.7 Å². The lowest BCUT2D eigenvalue weighted by atomic mass is 10.1. The Bertz CT molecular complexity index is 582. The molecule has 0 spiro atoms. The molecule has 1 aliphatic rings. The first-order valence-electron chi connectivity index (χ1n) is 6.20. The van der Waals surface area contributed by atoms with Crippen LogP contribution in [0, 0.1) is 6.92 Å². The van der Waals surface area contributed by atoms with E-state index in [2.05, 4.69) is 0 Å². The first kappa shape index (κ1) is 11.3. The van der Waals surface area contributed by atoms with Crippen LogP contribution >= 0.6 is 0 Å². The van der Waals surface area contributed by atoms with Gasteiger partial charge in [0.2, 0.25) is 0 Å². The van der Waals surface area contributed by atoms with Crippen molar-refractivity contribution in [2.75, 3.05) is 13.2 Å². The van der Waals surface area contributed by atoms with E-state index in [0.717, 1.165) is 29.4 Å². The standard InChI is InChI=1S/C14H15NO3/c1-10-11-6-2-3-7-12(11)18-13(10)14(16)15-8-4-5-9-17-15/h2-3,6-7H,4-5,8-9H2,1H3. The van der Waals surface area contributed by atoms with Gasteiger partial charge in [-0.15, -0.1) is 0 Å². The number of benzene rings is 1. The van der Waals surface area contributed by atoms with Crippen molar-refractivity contribution in [2.45, 2.75) is 19.8 Å². The van der Waals surface area contributed by atoms with E-state index in [-0.39, 0.29) is 5.91 Å². The monoisotopic (exact) mass is 245 g/mol. The smallest absolute Gasteiger partial charge is 0.313 e. The zero-order valence-electron chi connectivity index (χ0n) is 10.3. The SMILES string of the molecule is Cc1c(C(=O)N2CCCCO2)oc2ccccc12. The third-order valence-corrected chi connectivity index (χ3v) is 3.27. The Kier molecular flexibility index (Phi) is 2.80. The van der Waals surface area contributed by atoms with Gasteiger partial charge in [-0.3, -0.25) is 9.63 Å². The van der Waals surface area contributed by atoms with Gasteiger partial charge in [-0.25, -0.2) is 5.06 Å². The van der Waals surface area contributed by atoms with Crippen molar-refractivity contribution < 1.29 is 14.0 Å². The van der Waals surface area contributed by atoms with Gasteiger partial charge in [-0.05, 0) is 25.8 Å².